The van der Waals surface area contributed by atoms with Gasteiger partial charge in [-0.15, -0.1) is 0 Å². The largest absolute Gasteiger partial charge is 0.396 e. The number of nitrogens with one attached hydrogen (secondary N) is 2. The molecule has 0 aromatic carbocycles. The summed E-state index contributed by atoms with van der Waals surface area (Å²) >= 11 is 0. The van der Waals surface area contributed by atoms with Gasteiger partial charge in [-0.25, -0.2) is 13.8 Å². The van der Waals surface area contributed by atoms with Crippen molar-refractivity contribution < 1.29 is 13.9 Å². The molecule has 1 heterocycles. The molecule has 1 rings (SSSR count). The monoisotopic (exact) mass is 259 g/mol. The van der Waals surface area contributed by atoms with E-state index < -0.39 is 11.6 Å². The van der Waals surface area contributed by atoms with E-state index in [1.165, 1.54) is 0 Å². The van der Waals surface area contributed by atoms with Crippen LogP contribution in [0.4, 0.5) is 20.4 Å². The Kier molecular flexibility index (Phi) is 5.77. The van der Waals surface area contributed by atoms with Crippen LogP contribution in [0.3, 0.4) is 0 Å². The molecule has 0 radical (unpaired) electrons. The second-order valence-electron chi connectivity index (χ2n) is 4.18. The van der Waals surface area contributed by atoms with E-state index in [1.54, 1.807) is 6.92 Å². The number of aromatic nitrogens is 1. The van der Waals surface area contributed by atoms with Gasteiger partial charge in [-0.2, -0.15) is 0 Å². The highest BCUT2D eigenvalue weighted by Gasteiger charge is 2.12. The molecule has 102 valence electrons. The summed E-state index contributed by atoms with van der Waals surface area (Å²) in [6.07, 6.45) is 0.621. The van der Waals surface area contributed by atoms with Crippen LogP contribution in [-0.2, 0) is 0 Å². The molecule has 0 aliphatic carbocycles. The lowest BCUT2D eigenvalue weighted by Gasteiger charge is -2.13. The van der Waals surface area contributed by atoms with Gasteiger partial charge < -0.3 is 15.7 Å². The smallest absolute Gasteiger partial charge is 0.168 e. The van der Waals surface area contributed by atoms with Gasteiger partial charge in [0.15, 0.2) is 23.3 Å². The van der Waals surface area contributed by atoms with E-state index in [4.69, 9.17) is 5.11 Å². The molecule has 18 heavy (non-hydrogen) atoms. The van der Waals surface area contributed by atoms with Crippen LogP contribution in [0.1, 0.15) is 20.3 Å². The summed E-state index contributed by atoms with van der Waals surface area (Å²) in [4.78, 5) is 3.86. The van der Waals surface area contributed by atoms with Gasteiger partial charge in [0.25, 0.3) is 0 Å². The second kappa shape index (κ2) is 7.10. The molecule has 4 nitrogen and oxygen atoms in total. The number of hydrogen-bond acceptors (Lipinski definition) is 4. The Hall–Kier alpha value is -1.43. The summed E-state index contributed by atoms with van der Waals surface area (Å²) in [6.45, 7) is 4.80. The SMILES string of the molecule is CCNc1nc(NCC(C)CCO)c(F)cc1F. The van der Waals surface area contributed by atoms with Gasteiger partial charge in [0.05, 0.1) is 0 Å². The fourth-order valence-electron chi connectivity index (χ4n) is 1.48. The number of aliphatic hydroxyl groups excluding tert-OH is 1. The molecule has 1 unspecified atom stereocenters. The molecule has 0 saturated carbocycles. The summed E-state index contributed by atoms with van der Waals surface area (Å²) in [7, 11) is 0. The lowest BCUT2D eigenvalue weighted by atomic mass is 10.1. The zero-order valence-corrected chi connectivity index (χ0v) is 10.6. The van der Waals surface area contributed by atoms with Crippen molar-refractivity contribution in [1.82, 2.24) is 4.98 Å². The van der Waals surface area contributed by atoms with Crippen LogP contribution in [0, 0.1) is 17.6 Å². The van der Waals surface area contributed by atoms with E-state index >= 15 is 0 Å². The van der Waals surface area contributed by atoms with Gasteiger partial charge in [-0.3, -0.25) is 0 Å². The predicted octanol–water partition coefficient (Wildman–Crippen LogP) is 2.22. The van der Waals surface area contributed by atoms with Crippen molar-refractivity contribution in [3.8, 4) is 0 Å². The number of nitrogens with zero attached hydrogens (tertiary/aromatic N) is 1. The quantitative estimate of drug-likeness (QED) is 0.703. The maximum Gasteiger partial charge on any atom is 0.168 e. The summed E-state index contributed by atoms with van der Waals surface area (Å²) in [5.74, 6) is -1.18. The van der Waals surface area contributed by atoms with E-state index in [0.717, 1.165) is 6.07 Å². The predicted molar refractivity (Wildman–Crippen MR) is 67.7 cm³/mol. The minimum atomic E-state index is -0.717. The van der Waals surface area contributed by atoms with Gasteiger partial charge in [0.2, 0.25) is 0 Å². The molecule has 0 aliphatic rings. The third-order valence-corrected chi connectivity index (χ3v) is 2.51. The number of pyridine rings is 1. The standard InChI is InChI=1S/C12H19F2N3O/c1-3-15-11-9(13)6-10(14)12(17-11)16-7-8(2)4-5-18/h6,8,18H,3-5,7H2,1-2H3,(H2,15,16,17). The first kappa shape index (κ1) is 14.6. The number of aliphatic hydroxyl groups is 1. The first-order valence-corrected chi connectivity index (χ1v) is 6.03. The molecule has 0 fully saturated rings. The van der Waals surface area contributed by atoms with Crippen LogP contribution in [0.2, 0.25) is 0 Å². The van der Waals surface area contributed by atoms with Crippen LogP contribution in [0.5, 0.6) is 0 Å². The van der Waals surface area contributed by atoms with Gasteiger partial charge in [-0.05, 0) is 19.3 Å². The zero-order chi connectivity index (χ0) is 13.5. The molecule has 0 bridgehead atoms. The van der Waals surface area contributed by atoms with Crippen molar-refractivity contribution in [2.24, 2.45) is 5.92 Å². The fourth-order valence-corrected chi connectivity index (χ4v) is 1.48. The number of halogens is 2. The Balaban J connectivity index is 2.72. The van der Waals surface area contributed by atoms with Crippen LogP contribution in [0.25, 0.3) is 0 Å². The third-order valence-electron chi connectivity index (χ3n) is 2.51. The Morgan fingerprint density at radius 2 is 1.89 bits per heavy atom. The molecule has 3 N–H and O–H groups in total. The van der Waals surface area contributed by atoms with Crippen molar-refractivity contribution in [2.75, 3.05) is 30.3 Å². The Morgan fingerprint density at radius 3 is 2.44 bits per heavy atom. The highest BCUT2D eigenvalue weighted by Crippen LogP contribution is 2.19. The van der Waals surface area contributed by atoms with Gasteiger partial charge in [0.1, 0.15) is 0 Å². The summed E-state index contributed by atoms with van der Waals surface area (Å²) < 4.78 is 26.8. The molecule has 6 heteroatoms. The summed E-state index contributed by atoms with van der Waals surface area (Å²) in [5.41, 5.74) is 0. The third kappa shape index (κ3) is 4.10. The normalized spacial score (nSPS) is 12.3. The van der Waals surface area contributed by atoms with Crippen molar-refractivity contribution >= 4 is 11.6 Å². The van der Waals surface area contributed by atoms with E-state index in [2.05, 4.69) is 15.6 Å². The first-order chi connectivity index (χ1) is 8.58. The number of rotatable bonds is 7. The highest BCUT2D eigenvalue weighted by atomic mass is 19.1. The lowest BCUT2D eigenvalue weighted by Crippen LogP contribution is -2.15. The van der Waals surface area contributed by atoms with Crippen LogP contribution in [0.15, 0.2) is 6.07 Å². The van der Waals surface area contributed by atoms with Gasteiger partial charge in [0, 0.05) is 25.8 Å². The van der Waals surface area contributed by atoms with Crippen LogP contribution >= 0.6 is 0 Å². The van der Waals surface area contributed by atoms with Crippen molar-refractivity contribution in [3.05, 3.63) is 17.7 Å². The number of anilines is 2. The average molecular weight is 259 g/mol. The zero-order valence-electron chi connectivity index (χ0n) is 10.6. The maximum atomic E-state index is 13.5. The molecule has 0 aliphatic heterocycles. The average Bonchev–Trinajstić information content (AvgIpc) is 2.31. The summed E-state index contributed by atoms with van der Waals surface area (Å²) in [5, 5.41) is 14.3. The Morgan fingerprint density at radius 1 is 1.28 bits per heavy atom. The lowest BCUT2D eigenvalue weighted by molar-refractivity contribution is 0.265. The van der Waals surface area contributed by atoms with Gasteiger partial charge >= 0.3 is 0 Å². The molecular weight excluding hydrogens is 240 g/mol. The van der Waals surface area contributed by atoms with Gasteiger partial charge in [-0.1, -0.05) is 6.92 Å². The minimum absolute atomic E-state index is 0.0251. The van der Waals surface area contributed by atoms with Crippen molar-refractivity contribution in [3.63, 3.8) is 0 Å². The van der Waals surface area contributed by atoms with E-state index in [9.17, 15) is 8.78 Å². The molecule has 1 atom stereocenters. The molecule has 0 saturated heterocycles. The molecule has 1 aromatic rings. The topological polar surface area (TPSA) is 57.2 Å². The molecule has 0 spiro atoms. The fraction of sp³-hybridized carbons (Fsp3) is 0.583. The van der Waals surface area contributed by atoms with E-state index in [1.807, 2.05) is 6.92 Å². The summed E-state index contributed by atoms with van der Waals surface area (Å²) in [6, 6.07) is 0.810. The van der Waals surface area contributed by atoms with E-state index in [0.29, 0.717) is 19.5 Å². The highest BCUT2D eigenvalue weighted by molar-refractivity contribution is 5.47. The molecule has 1 aromatic heterocycles. The minimum Gasteiger partial charge on any atom is -0.396 e. The number of hydrogen-bond donors (Lipinski definition) is 3. The second-order valence-corrected chi connectivity index (χ2v) is 4.18. The van der Waals surface area contributed by atoms with E-state index in [-0.39, 0.29) is 24.2 Å². The maximum absolute atomic E-state index is 13.5. The van der Waals surface area contributed by atoms with Crippen LogP contribution in [-0.4, -0.2) is 29.8 Å². The van der Waals surface area contributed by atoms with Crippen LogP contribution < -0.4 is 10.6 Å². The van der Waals surface area contributed by atoms with Crippen molar-refractivity contribution in [2.45, 2.75) is 20.3 Å². The van der Waals surface area contributed by atoms with Crippen molar-refractivity contribution in [1.29, 1.82) is 0 Å². The Labute approximate surface area is 105 Å². The first-order valence-electron chi connectivity index (χ1n) is 6.03. The molecule has 0 amide bonds. The Bertz CT molecular complexity index is 388. The molecular formula is C12H19F2N3O.